The minimum atomic E-state index is -0.0743. The molecule has 27 heavy (non-hydrogen) atoms. The number of ether oxygens (including phenoxy) is 2. The fourth-order valence-corrected chi connectivity index (χ4v) is 2.66. The van der Waals surface area contributed by atoms with Gasteiger partial charge in [-0.05, 0) is 64.1 Å². The zero-order valence-electron chi connectivity index (χ0n) is 16.2. The van der Waals surface area contributed by atoms with Crippen LogP contribution in [0.15, 0.2) is 68.9 Å². The highest BCUT2D eigenvalue weighted by Gasteiger charge is 2.16. The van der Waals surface area contributed by atoms with Crippen molar-refractivity contribution in [3.05, 3.63) is 69.9 Å². The molecule has 0 radical (unpaired) electrons. The van der Waals surface area contributed by atoms with Gasteiger partial charge in [0.25, 0.3) is 0 Å². The number of hydrogen-bond acceptors (Lipinski definition) is 4. The average molecular weight is 364 g/mol. The Bertz CT molecular complexity index is 1080. The summed E-state index contributed by atoms with van der Waals surface area (Å²) < 4.78 is 17.9. The van der Waals surface area contributed by atoms with E-state index in [-0.39, 0.29) is 5.43 Å². The smallest absolute Gasteiger partial charge is 0.205 e. The molecule has 0 spiro atoms. The highest BCUT2D eigenvalue weighted by Crippen LogP contribution is 2.36. The van der Waals surface area contributed by atoms with Crippen molar-refractivity contribution in [3.63, 3.8) is 0 Å². The zero-order chi connectivity index (χ0) is 19.4. The van der Waals surface area contributed by atoms with Crippen LogP contribution in [0.2, 0.25) is 0 Å². The van der Waals surface area contributed by atoms with Crippen molar-refractivity contribution in [1.29, 1.82) is 0 Å². The predicted octanol–water partition coefficient (Wildman–Crippen LogP) is 5.64. The fraction of sp³-hybridized carbons (Fsp3) is 0.261. The average Bonchev–Trinajstić information content (AvgIpc) is 2.63. The van der Waals surface area contributed by atoms with Gasteiger partial charge in [-0.2, -0.15) is 0 Å². The molecule has 4 heteroatoms. The Balaban J connectivity index is 2.16. The lowest BCUT2D eigenvalue weighted by atomic mass is 10.1. The van der Waals surface area contributed by atoms with Crippen LogP contribution in [-0.4, -0.2) is 13.2 Å². The molecular formula is C23H24O4. The highest BCUT2D eigenvalue weighted by molar-refractivity contribution is 5.93. The Labute approximate surface area is 158 Å². The van der Waals surface area contributed by atoms with Gasteiger partial charge in [0.1, 0.15) is 18.8 Å². The van der Waals surface area contributed by atoms with Crippen molar-refractivity contribution >= 4 is 21.9 Å². The Hall–Kier alpha value is -3.01. The fourth-order valence-electron chi connectivity index (χ4n) is 2.66. The van der Waals surface area contributed by atoms with Gasteiger partial charge in [-0.1, -0.05) is 23.3 Å². The minimum absolute atomic E-state index is 0.0743. The standard InChI is InChI=1S/C23H24O4/c1-15(2)11-13-25-20-10-9-18-21(24)17-7-5-6-8-19(17)27-22(18)23(20)26-14-12-16(3)4/h5-12H,13-14H2,1-4H3. The number of allylic oxidation sites excluding steroid dienone is 2. The molecule has 2 aromatic carbocycles. The van der Waals surface area contributed by atoms with Crippen LogP contribution in [0, 0.1) is 0 Å². The Morgan fingerprint density at radius 1 is 0.889 bits per heavy atom. The third kappa shape index (κ3) is 4.22. The summed E-state index contributed by atoms with van der Waals surface area (Å²) in [6, 6.07) is 10.7. The van der Waals surface area contributed by atoms with Crippen LogP contribution >= 0.6 is 0 Å². The zero-order valence-corrected chi connectivity index (χ0v) is 16.2. The third-order valence-corrected chi connectivity index (χ3v) is 4.11. The molecule has 0 saturated carbocycles. The van der Waals surface area contributed by atoms with Crippen LogP contribution in [-0.2, 0) is 0 Å². The Kier molecular flexibility index (Phi) is 5.65. The molecule has 140 valence electrons. The number of rotatable bonds is 6. The maximum Gasteiger partial charge on any atom is 0.205 e. The van der Waals surface area contributed by atoms with E-state index >= 15 is 0 Å². The molecule has 3 aromatic rings. The number of fused-ring (bicyclic) bond motifs is 2. The largest absolute Gasteiger partial charge is 0.485 e. The quantitative estimate of drug-likeness (QED) is 0.420. The molecule has 0 fully saturated rings. The van der Waals surface area contributed by atoms with Gasteiger partial charge in [0.2, 0.25) is 11.2 Å². The topological polar surface area (TPSA) is 48.7 Å². The maximum atomic E-state index is 12.9. The molecule has 3 rings (SSSR count). The molecule has 0 saturated heterocycles. The lowest BCUT2D eigenvalue weighted by Gasteiger charge is -2.13. The second-order valence-corrected chi connectivity index (χ2v) is 6.88. The number of benzene rings is 2. The van der Waals surface area contributed by atoms with Crippen molar-refractivity contribution in [2.24, 2.45) is 0 Å². The van der Waals surface area contributed by atoms with Gasteiger partial charge in [0.15, 0.2) is 11.3 Å². The summed E-state index contributed by atoms with van der Waals surface area (Å²) in [5.41, 5.74) is 3.18. The second kappa shape index (κ2) is 8.12. The first-order valence-electron chi connectivity index (χ1n) is 8.98. The predicted molar refractivity (Wildman–Crippen MR) is 110 cm³/mol. The number of hydrogen-bond donors (Lipinski definition) is 0. The van der Waals surface area contributed by atoms with Crippen molar-refractivity contribution in [3.8, 4) is 11.5 Å². The lowest BCUT2D eigenvalue weighted by molar-refractivity contribution is 0.307. The first kappa shape index (κ1) is 18.8. The molecule has 4 nitrogen and oxygen atoms in total. The molecule has 0 aliphatic carbocycles. The van der Waals surface area contributed by atoms with E-state index < -0.39 is 0 Å². The highest BCUT2D eigenvalue weighted by atomic mass is 16.5. The van der Waals surface area contributed by atoms with Crippen LogP contribution in [0.1, 0.15) is 27.7 Å². The monoisotopic (exact) mass is 364 g/mol. The lowest BCUT2D eigenvalue weighted by Crippen LogP contribution is -2.06. The molecular weight excluding hydrogens is 340 g/mol. The summed E-state index contributed by atoms with van der Waals surface area (Å²) >= 11 is 0. The van der Waals surface area contributed by atoms with Crippen molar-refractivity contribution in [1.82, 2.24) is 0 Å². The van der Waals surface area contributed by atoms with E-state index in [2.05, 4.69) is 0 Å². The molecule has 0 amide bonds. The summed E-state index contributed by atoms with van der Waals surface area (Å²) in [6.07, 6.45) is 3.96. The summed E-state index contributed by atoms with van der Waals surface area (Å²) in [6.45, 7) is 8.84. The minimum Gasteiger partial charge on any atom is -0.485 e. The summed E-state index contributed by atoms with van der Waals surface area (Å²) in [7, 11) is 0. The Morgan fingerprint density at radius 3 is 2.26 bits per heavy atom. The van der Waals surface area contributed by atoms with Gasteiger partial charge >= 0.3 is 0 Å². The first-order valence-corrected chi connectivity index (χ1v) is 8.98. The van der Waals surface area contributed by atoms with E-state index in [4.69, 9.17) is 13.9 Å². The molecule has 0 aliphatic heterocycles. The SMILES string of the molecule is CC(C)=CCOc1ccc2c(=O)c3ccccc3oc2c1OCC=C(C)C. The van der Waals surface area contributed by atoms with Crippen molar-refractivity contribution in [2.75, 3.05) is 13.2 Å². The van der Waals surface area contributed by atoms with Gasteiger partial charge in [0.05, 0.1) is 10.8 Å². The third-order valence-electron chi connectivity index (χ3n) is 4.11. The number of para-hydroxylation sites is 1. The molecule has 0 atom stereocenters. The molecule has 0 unspecified atom stereocenters. The summed E-state index contributed by atoms with van der Waals surface area (Å²) in [5.74, 6) is 1.01. The molecule has 0 N–H and O–H groups in total. The second-order valence-electron chi connectivity index (χ2n) is 6.88. The maximum absolute atomic E-state index is 12.9. The van der Waals surface area contributed by atoms with Crippen LogP contribution in [0.5, 0.6) is 11.5 Å². The van der Waals surface area contributed by atoms with Crippen LogP contribution in [0.4, 0.5) is 0 Å². The molecule has 1 heterocycles. The van der Waals surface area contributed by atoms with Crippen molar-refractivity contribution < 1.29 is 13.9 Å². The first-order chi connectivity index (χ1) is 13.0. The van der Waals surface area contributed by atoms with Crippen LogP contribution in [0.3, 0.4) is 0 Å². The van der Waals surface area contributed by atoms with Crippen LogP contribution in [0.25, 0.3) is 21.9 Å². The van der Waals surface area contributed by atoms with E-state index in [9.17, 15) is 4.79 Å². The van der Waals surface area contributed by atoms with E-state index in [1.54, 1.807) is 24.3 Å². The van der Waals surface area contributed by atoms with E-state index in [1.165, 1.54) is 5.57 Å². The van der Waals surface area contributed by atoms with Crippen LogP contribution < -0.4 is 14.9 Å². The molecule has 0 aliphatic rings. The van der Waals surface area contributed by atoms with Gasteiger partial charge in [0, 0.05) is 0 Å². The van der Waals surface area contributed by atoms with Crippen molar-refractivity contribution in [2.45, 2.75) is 27.7 Å². The Morgan fingerprint density at radius 2 is 1.56 bits per heavy atom. The summed E-state index contributed by atoms with van der Waals surface area (Å²) in [4.78, 5) is 12.9. The van der Waals surface area contributed by atoms with E-state index in [0.717, 1.165) is 5.57 Å². The normalized spacial score (nSPS) is 10.7. The molecule has 1 aromatic heterocycles. The summed E-state index contributed by atoms with van der Waals surface area (Å²) in [5, 5.41) is 1.04. The van der Waals surface area contributed by atoms with Gasteiger partial charge in [-0.15, -0.1) is 0 Å². The molecule has 0 bridgehead atoms. The van der Waals surface area contributed by atoms with Gasteiger partial charge in [-0.3, -0.25) is 4.79 Å². The van der Waals surface area contributed by atoms with E-state index in [0.29, 0.717) is 46.7 Å². The van der Waals surface area contributed by atoms with Gasteiger partial charge < -0.3 is 13.9 Å². The van der Waals surface area contributed by atoms with E-state index in [1.807, 2.05) is 52.0 Å². The van der Waals surface area contributed by atoms with Gasteiger partial charge in [-0.25, -0.2) is 0 Å².